The molecule has 0 atom stereocenters. The summed E-state index contributed by atoms with van der Waals surface area (Å²) in [5, 5.41) is 22.2. The van der Waals surface area contributed by atoms with E-state index >= 15 is 0 Å². The van der Waals surface area contributed by atoms with Gasteiger partial charge in [0.15, 0.2) is 5.75 Å². The molecular weight excluding hydrogens is 424 g/mol. The molecule has 2 rings (SSSR count). The zero-order valence-electron chi connectivity index (χ0n) is 12.2. The van der Waals surface area contributed by atoms with Gasteiger partial charge in [0.1, 0.15) is 10.6 Å². The largest absolute Gasteiger partial charge is 0.507 e. The molecule has 0 spiro atoms. The van der Waals surface area contributed by atoms with Crippen LogP contribution in [0.4, 0.5) is 5.69 Å². The van der Waals surface area contributed by atoms with Gasteiger partial charge in [0, 0.05) is 16.5 Å². The second-order valence-corrected chi connectivity index (χ2v) is 7.65. The lowest BCUT2D eigenvalue weighted by Crippen LogP contribution is -2.19. The highest BCUT2D eigenvalue weighted by molar-refractivity contribution is 9.10. The average Bonchev–Trinajstić information content (AvgIpc) is 2.51. The molecule has 0 saturated heterocycles. The SMILES string of the molecule is CNC(=O)c1cc(Cl)cc(NS(=O)(=O)c2cc(Br)ccc2O)c1O. The Kier molecular flexibility index (Phi) is 5.26. The highest BCUT2D eigenvalue weighted by Gasteiger charge is 2.23. The predicted molar refractivity (Wildman–Crippen MR) is 93.1 cm³/mol. The van der Waals surface area contributed by atoms with E-state index in [-0.39, 0.29) is 16.3 Å². The number of phenolic OH excluding ortho intramolecular Hbond substituents is 2. The Labute approximate surface area is 151 Å². The number of carbonyl (C=O) groups excluding carboxylic acids is 1. The molecule has 10 heteroatoms. The van der Waals surface area contributed by atoms with Crippen molar-refractivity contribution in [1.29, 1.82) is 0 Å². The van der Waals surface area contributed by atoms with Crippen LogP contribution in [0, 0.1) is 0 Å². The van der Waals surface area contributed by atoms with Gasteiger partial charge in [-0.05, 0) is 30.3 Å². The van der Waals surface area contributed by atoms with Crippen molar-refractivity contribution < 1.29 is 23.4 Å². The van der Waals surface area contributed by atoms with Crippen LogP contribution in [-0.2, 0) is 10.0 Å². The van der Waals surface area contributed by atoms with Crippen LogP contribution < -0.4 is 10.0 Å². The number of hydrogen-bond donors (Lipinski definition) is 4. The van der Waals surface area contributed by atoms with E-state index in [0.717, 1.165) is 6.07 Å². The third-order valence-electron chi connectivity index (χ3n) is 3.00. The minimum absolute atomic E-state index is 0.0440. The van der Waals surface area contributed by atoms with E-state index in [1.807, 2.05) is 0 Å². The molecule has 24 heavy (non-hydrogen) atoms. The summed E-state index contributed by atoms with van der Waals surface area (Å²) in [6, 6.07) is 6.21. The van der Waals surface area contributed by atoms with Crippen molar-refractivity contribution >= 4 is 49.1 Å². The second-order valence-electron chi connectivity index (χ2n) is 4.65. The van der Waals surface area contributed by atoms with Gasteiger partial charge >= 0.3 is 0 Å². The first-order valence-corrected chi connectivity index (χ1v) is 9.07. The quantitative estimate of drug-likeness (QED) is 0.551. The van der Waals surface area contributed by atoms with E-state index in [0.29, 0.717) is 4.47 Å². The average molecular weight is 436 g/mol. The molecule has 0 radical (unpaired) electrons. The van der Waals surface area contributed by atoms with Crippen LogP contribution in [0.3, 0.4) is 0 Å². The molecule has 0 aliphatic carbocycles. The highest BCUT2D eigenvalue weighted by atomic mass is 79.9. The first-order valence-electron chi connectivity index (χ1n) is 6.41. The smallest absolute Gasteiger partial charge is 0.265 e. The Hall–Kier alpha value is -1.97. The number of aromatic hydroxyl groups is 2. The van der Waals surface area contributed by atoms with Gasteiger partial charge in [0.2, 0.25) is 0 Å². The maximum atomic E-state index is 12.4. The molecule has 0 aliphatic rings. The van der Waals surface area contributed by atoms with Crippen molar-refractivity contribution in [3.8, 4) is 11.5 Å². The van der Waals surface area contributed by atoms with Crippen molar-refractivity contribution in [3.05, 3.63) is 45.4 Å². The molecule has 128 valence electrons. The van der Waals surface area contributed by atoms with Crippen LogP contribution >= 0.6 is 27.5 Å². The van der Waals surface area contributed by atoms with Gasteiger partial charge in [-0.15, -0.1) is 0 Å². The van der Waals surface area contributed by atoms with E-state index in [1.165, 1.54) is 31.3 Å². The Morgan fingerprint density at radius 2 is 1.88 bits per heavy atom. The Balaban J connectivity index is 2.52. The number of benzene rings is 2. The van der Waals surface area contributed by atoms with Crippen LogP contribution in [0.25, 0.3) is 0 Å². The van der Waals surface area contributed by atoms with Crippen molar-refractivity contribution in [2.75, 3.05) is 11.8 Å². The fourth-order valence-corrected chi connectivity index (χ4v) is 3.80. The number of rotatable bonds is 4. The molecular formula is C14H12BrClN2O5S. The van der Waals surface area contributed by atoms with Crippen molar-refractivity contribution in [2.45, 2.75) is 4.90 Å². The maximum Gasteiger partial charge on any atom is 0.265 e. The lowest BCUT2D eigenvalue weighted by Gasteiger charge is -2.13. The number of carbonyl (C=O) groups is 1. The molecule has 0 aliphatic heterocycles. The molecule has 0 bridgehead atoms. The number of halogens is 2. The zero-order chi connectivity index (χ0) is 18.1. The molecule has 0 fully saturated rings. The Bertz CT molecular complexity index is 918. The van der Waals surface area contributed by atoms with Gasteiger partial charge in [-0.3, -0.25) is 9.52 Å². The van der Waals surface area contributed by atoms with E-state index in [2.05, 4.69) is 26.0 Å². The van der Waals surface area contributed by atoms with E-state index in [1.54, 1.807) is 0 Å². The topological polar surface area (TPSA) is 116 Å². The van der Waals surface area contributed by atoms with Gasteiger partial charge in [-0.25, -0.2) is 8.42 Å². The van der Waals surface area contributed by atoms with E-state index in [4.69, 9.17) is 11.6 Å². The van der Waals surface area contributed by atoms with Crippen molar-refractivity contribution in [1.82, 2.24) is 5.32 Å². The maximum absolute atomic E-state index is 12.4. The highest BCUT2D eigenvalue weighted by Crippen LogP contribution is 2.35. The van der Waals surface area contributed by atoms with Crippen LogP contribution in [0.2, 0.25) is 5.02 Å². The second kappa shape index (κ2) is 6.88. The predicted octanol–water partition coefficient (Wildman–Crippen LogP) is 2.67. The summed E-state index contributed by atoms with van der Waals surface area (Å²) in [5.41, 5.74) is -0.485. The van der Waals surface area contributed by atoms with E-state index in [9.17, 15) is 23.4 Å². The first kappa shape index (κ1) is 18.4. The molecule has 0 saturated carbocycles. The van der Waals surface area contributed by atoms with Gasteiger partial charge < -0.3 is 15.5 Å². The molecule has 0 heterocycles. The number of nitrogens with one attached hydrogen (secondary N) is 2. The summed E-state index contributed by atoms with van der Waals surface area (Å²) < 4.78 is 27.4. The summed E-state index contributed by atoms with van der Waals surface area (Å²) in [6.45, 7) is 0. The minimum Gasteiger partial charge on any atom is -0.507 e. The Morgan fingerprint density at radius 3 is 2.50 bits per heavy atom. The lowest BCUT2D eigenvalue weighted by molar-refractivity contribution is 0.0960. The third-order valence-corrected chi connectivity index (χ3v) is 5.11. The molecule has 4 N–H and O–H groups in total. The monoisotopic (exact) mass is 434 g/mol. The fourth-order valence-electron chi connectivity index (χ4n) is 1.89. The van der Waals surface area contributed by atoms with E-state index < -0.39 is 32.3 Å². The van der Waals surface area contributed by atoms with Gasteiger partial charge in [0.05, 0.1) is 11.3 Å². The van der Waals surface area contributed by atoms with Crippen LogP contribution in [0.1, 0.15) is 10.4 Å². The van der Waals surface area contributed by atoms with Gasteiger partial charge in [-0.1, -0.05) is 27.5 Å². The Morgan fingerprint density at radius 1 is 1.21 bits per heavy atom. The summed E-state index contributed by atoms with van der Waals surface area (Å²) in [5.74, 6) is -1.70. The molecule has 1 amide bonds. The fraction of sp³-hybridized carbons (Fsp3) is 0.0714. The summed E-state index contributed by atoms with van der Waals surface area (Å²) in [4.78, 5) is 11.3. The summed E-state index contributed by atoms with van der Waals surface area (Å²) in [6.07, 6.45) is 0. The molecule has 7 nitrogen and oxygen atoms in total. The normalized spacial score (nSPS) is 11.1. The van der Waals surface area contributed by atoms with Crippen LogP contribution in [-0.4, -0.2) is 31.6 Å². The number of phenols is 2. The zero-order valence-corrected chi connectivity index (χ0v) is 15.3. The number of anilines is 1. The van der Waals surface area contributed by atoms with Crippen LogP contribution in [0.15, 0.2) is 39.7 Å². The third kappa shape index (κ3) is 3.74. The first-order chi connectivity index (χ1) is 11.2. The summed E-state index contributed by atoms with van der Waals surface area (Å²) >= 11 is 8.99. The molecule has 0 aromatic heterocycles. The van der Waals surface area contributed by atoms with Crippen LogP contribution in [0.5, 0.6) is 11.5 Å². The van der Waals surface area contributed by atoms with Gasteiger partial charge in [-0.2, -0.15) is 0 Å². The summed E-state index contributed by atoms with van der Waals surface area (Å²) in [7, 11) is -2.88. The van der Waals surface area contributed by atoms with Gasteiger partial charge in [0.25, 0.3) is 15.9 Å². The lowest BCUT2D eigenvalue weighted by atomic mass is 10.1. The molecule has 0 unspecified atom stereocenters. The van der Waals surface area contributed by atoms with Crippen molar-refractivity contribution in [3.63, 3.8) is 0 Å². The minimum atomic E-state index is -4.24. The molecule has 2 aromatic carbocycles. The number of sulfonamides is 1. The number of amides is 1. The standard InChI is InChI=1S/C14H12BrClN2O5S/c1-17-14(21)9-5-8(16)6-10(13(9)20)18-24(22,23)12-4-7(15)2-3-11(12)19/h2-6,18-20H,1H3,(H,17,21). The molecule has 2 aromatic rings. The number of hydrogen-bond acceptors (Lipinski definition) is 5. The van der Waals surface area contributed by atoms with Crippen molar-refractivity contribution in [2.24, 2.45) is 0 Å².